The molecule has 0 spiro atoms. The van der Waals surface area contributed by atoms with Crippen molar-refractivity contribution in [3.63, 3.8) is 0 Å². The maximum absolute atomic E-state index is 9.93. The number of hydrogen-bond donors (Lipinski definition) is 2. The third-order valence-corrected chi connectivity index (χ3v) is 3.21. The number of nitrogens with zero attached hydrogens (tertiary/aromatic N) is 1. The topological polar surface area (TPSA) is 35.5 Å². The molecule has 0 atom stereocenters. The molecule has 0 amide bonds. The van der Waals surface area contributed by atoms with Crippen LogP contribution in [-0.2, 0) is 6.54 Å². The lowest BCUT2D eigenvalue weighted by Gasteiger charge is -2.29. The maximum atomic E-state index is 9.93. The van der Waals surface area contributed by atoms with E-state index in [2.05, 4.69) is 17.1 Å². The van der Waals surface area contributed by atoms with Crippen molar-refractivity contribution in [2.45, 2.75) is 39.3 Å². The average molecular weight is 285 g/mol. The number of benzene rings is 1. The van der Waals surface area contributed by atoms with Crippen molar-refractivity contribution >= 4 is 17.3 Å². The summed E-state index contributed by atoms with van der Waals surface area (Å²) in [6.45, 7) is 8.04. The predicted octanol–water partition coefficient (Wildman–Crippen LogP) is 3.05. The number of likely N-dealkylation sites (N-methyl/N-ethyl adjacent to an activating group) is 1. The fourth-order valence-electron chi connectivity index (χ4n) is 2.14. The molecule has 0 radical (unpaired) electrons. The van der Waals surface area contributed by atoms with E-state index in [4.69, 9.17) is 11.6 Å². The largest absolute Gasteiger partial charge is 0.389 e. The molecule has 0 aliphatic heterocycles. The van der Waals surface area contributed by atoms with Crippen LogP contribution < -0.4 is 10.2 Å². The highest BCUT2D eigenvalue weighted by Crippen LogP contribution is 2.27. The van der Waals surface area contributed by atoms with E-state index in [0.29, 0.717) is 6.54 Å². The van der Waals surface area contributed by atoms with Crippen molar-refractivity contribution in [1.82, 2.24) is 5.32 Å². The second-order valence-corrected chi connectivity index (χ2v) is 5.99. The van der Waals surface area contributed by atoms with E-state index < -0.39 is 5.60 Å². The SMILES string of the molecule is CCCNCc1c(Cl)cccc1N(C)CC(C)(C)O. The lowest BCUT2D eigenvalue weighted by atomic mass is 10.1. The van der Waals surface area contributed by atoms with Gasteiger partial charge in [-0.25, -0.2) is 0 Å². The number of anilines is 1. The molecule has 1 aromatic rings. The van der Waals surface area contributed by atoms with Crippen molar-refractivity contribution in [3.05, 3.63) is 28.8 Å². The molecular weight excluding hydrogens is 260 g/mol. The van der Waals surface area contributed by atoms with Crippen LogP contribution in [0.25, 0.3) is 0 Å². The number of aliphatic hydroxyl groups is 1. The zero-order valence-corrected chi connectivity index (χ0v) is 13.1. The summed E-state index contributed by atoms with van der Waals surface area (Å²) < 4.78 is 0. The molecular formula is C15H25ClN2O. The molecule has 0 saturated heterocycles. The van der Waals surface area contributed by atoms with Gasteiger partial charge in [0.25, 0.3) is 0 Å². The maximum Gasteiger partial charge on any atom is 0.0765 e. The zero-order chi connectivity index (χ0) is 14.5. The van der Waals surface area contributed by atoms with E-state index in [9.17, 15) is 5.11 Å². The highest BCUT2D eigenvalue weighted by Gasteiger charge is 2.18. The van der Waals surface area contributed by atoms with Gasteiger partial charge in [0.1, 0.15) is 0 Å². The van der Waals surface area contributed by atoms with Crippen LogP contribution in [0.15, 0.2) is 18.2 Å². The molecule has 0 fully saturated rings. The lowest BCUT2D eigenvalue weighted by molar-refractivity contribution is 0.0886. The zero-order valence-electron chi connectivity index (χ0n) is 12.3. The minimum atomic E-state index is -0.731. The van der Waals surface area contributed by atoms with Gasteiger partial charge in [0.15, 0.2) is 0 Å². The summed E-state index contributed by atoms with van der Waals surface area (Å²) in [5.74, 6) is 0. The normalized spacial score (nSPS) is 11.7. The van der Waals surface area contributed by atoms with E-state index in [1.54, 1.807) is 0 Å². The summed E-state index contributed by atoms with van der Waals surface area (Å²) in [7, 11) is 1.98. The van der Waals surface area contributed by atoms with Gasteiger partial charge in [-0.15, -0.1) is 0 Å². The second kappa shape index (κ2) is 7.13. The van der Waals surface area contributed by atoms with E-state index >= 15 is 0 Å². The van der Waals surface area contributed by atoms with Gasteiger partial charge in [0.05, 0.1) is 5.60 Å². The van der Waals surface area contributed by atoms with Crippen LogP contribution in [0.3, 0.4) is 0 Å². The highest BCUT2D eigenvalue weighted by molar-refractivity contribution is 6.31. The summed E-state index contributed by atoms with van der Waals surface area (Å²) in [5, 5.41) is 14.1. The summed E-state index contributed by atoms with van der Waals surface area (Å²) in [6.07, 6.45) is 1.10. The third kappa shape index (κ3) is 5.39. The van der Waals surface area contributed by atoms with Crippen molar-refractivity contribution in [3.8, 4) is 0 Å². The van der Waals surface area contributed by atoms with E-state index in [1.165, 1.54) is 0 Å². The predicted molar refractivity (Wildman–Crippen MR) is 83.0 cm³/mol. The van der Waals surface area contributed by atoms with Crippen LogP contribution in [-0.4, -0.2) is 30.8 Å². The van der Waals surface area contributed by atoms with Gasteiger partial charge in [0, 0.05) is 36.4 Å². The summed E-state index contributed by atoms with van der Waals surface area (Å²) in [4.78, 5) is 2.05. The van der Waals surface area contributed by atoms with Crippen molar-refractivity contribution in [2.24, 2.45) is 0 Å². The molecule has 108 valence electrons. The van der Waals surface area contributed by atoms with E-state index in [0.717, 1.165) is 35.8 Å². The minimum Gasteiger partial charge on any atom is -0.389 e. The molecule has 4 heteroatoms. The minimum absolute atomic E-state index is 0.564. The first-order valence-corrected chi connectivity index (χ1v) is 7.14. The molecule has 0 aromatic heterocycles. The molecule has 3 nitrogen and oxygen atoms in total. The Kier molecular flexibility index (Phi) is 6.11. The monoisotopic (exact) mass is 284 g/mol. The van der Waals surface area contributed by atoms with Gasteiger partial charge in [0.2, 0.25) is 0 Å². The molecule has 0 aliphatic carbocycles. The van der Waals surface area contributed by atoms with Crippen LogP contribution in [0.1, 0.15) is 32.8 Å². The first-order chi connectivity index (χ1) is 8.85. The standard InChI is InChI=1S/C15H25ClN2O/c1-5-9-17-10-12-13(16)7-6-8-14(12)18(4)11-15(2,3)19/h6-8,17,19H,5,9-11H2,1-4H3. The number of hydrogen-bond acceptors (Lipinski definition) is 3. The van der Waals surface area contributed by atoms with E-state index in [-0.39, 0.29) is 0 Å². The number of halogens is 1. The van der Waals surface area contributed by atoms with Gasteiger partial charge in [-0.1, -0.05) is 24.6 Å². The van der Waals surface area contributed by atoms with Gasteiger partial charge in [-0.3, -0.25) is 0 Å². The molecule has 19 heavy (non-hydrogen) atoms. The highest BCUT2D eigenvalue weighted by atomic mass is 35.5. The Labute approximate surface area is 121 Å². The van der Waals surface area contributed by atoms with Crippen LogP contribution in [0.2, 0.25) is 5.02 Å². The Bertz CT molecular complexity index is 402. The molecule has 0 saturated carbocycles. The Balaban J connectivity index is 2.89. The van der Waals surface area contributed by atoms with E-state index in [1.807, 2.05) is 39.1 Å². The van der Waals surface area contributed by atoms with Crippen LogP contribution in [0.4, 0.5) is 5.69 Å². The smallest absolute Gasteiger partial charge is 0.0765 e. The molecule has 1 aromatic carbocycles. The van der Waals surface area contributed by atoms with Gasteiger partial charge in [-0.05, 0) is 38.9 Å². The number of rotatable bonds is 7. The fourth-order valence-corrected chi connectivity index (χ4v) is 2.37. The fraction of sp³-hybridized carbons (Fsp3) is 0.600. The summed E-state index contributed by atoms with van der Waals surface area (Å²) in [5.41, 5.74) is 1.42. The summed E-state index contributed by atoms with van der Waals surface area (Å²) >= 11 is 6.29. The average Bonchev–Trinajstić information content (AvgIpc) is 2.29. The van der Waals surface area contributed by atoms with Crippen LogP contribution in [0, 0.1) is 0 Å². The van der Waals surface area contributed by atoms with Crippen molar-refractivity contribution in [1.29, 1.82) is 0 Å². The Morgan fingerprint density at radius 3 is 2.63 bits per heavy atom. The first-order valence-electron chi connectivity index (χ1n) is 6.76. The first kappa shape index (κ1) is 16.3. The van der Waals surface area contributed by atoms with Crippen LogP contribution >= 0.6 is 11.6 Å². The second-order valence-electron chi connectivity index (χ2n) is 5.58. The molecule has 0 bridgehead atoms. The molecule has 2 N–H and O–H groups in total. The van der Waals surface area contributed by atoms with Gasteiger partial charge < -0.3 is 15.3 Å². The summed E-state index contributed by atoms with van der Waals surface area (Å²) in [6, 6.07) is 5.90. The molecule has 0 aliphatic rings. The Morgan fingerprint density at radius 2 is 2.05 bits per heavy atom. The van der Waals surface area contributed by atoms with Gasteiger partial charge in [-0.2, -0.15) is 0 Å². The number of nitrogens with one attached hydrogen (secondary N) is 1. The quantitative estimate of drug-likeness (QED) is 0.756. The molecule has 0 heterocycles. The molecule has 0 unspecified atom stereocenters. The van der Waals surface area contributed by atoms with Crippen molar-refractivity contribution in [2.75, 3.05) is 25.0 Å². The lowest BCUT2D eigenvalue weighted by Crippen LogP contribution is -2.36. The van der Waals surface area contributed by atoms with Crippen LogP contribution in [0.5, 0.6) is 0 Å². The Hall–Kier alpha value is -0.770. The Morgan fingerprint density at radius 1 is 1.37 bits per heavy atom. The molecule has 1 rings (SSSR count). The third-order valence-electron chi connectivity index (χ3n) is 2.86. The van der Waals surface area contributed by atoms with Gasteiger partial charge >= 0.3 is 0 Å². The van der Waals surface area contributed by atoms with Crippen molar-refractivity contribution < 1.29 is 5.11 Å².